The van der Waals surface area contributed by atoms with Crippen molar-refractivity contribution in [2.24, 2.45) is 0 Å². The highest BCUT2D eigenvalue weighted by Crippen LogP contribution is 2.45. The molecule has 0 spiro atoms. The normalized spacial score (nSPS) is 24.8. The third kappa shape index (κ3) is 3.59. The van der Waals surface area contributed by atoms with E-state index in [1.807, 2.05) is 0 Å². The first kappa shape index (κ1) is 23.6. The molecule has 5 atom stereocenters. The van der Waals surface area contributed by atoms with Gasteiger partial charge >= 0.3 is 0 Å². The van der Waals surface area contributed by atoms with Crippen LogP contribution < -0.4 is 14.9 Å². The molecular formula is C23H24O11. The largest absolute Gasteiger partial charge is 0.507 e. The minimum atomic E-state index is -1.70. The van der Waals surface area contributed by atoms with Crippen LogP contribution in [0.25, 0.3) is 22.3 Å². The second kappa shape index (κ2) is 8.69. The monoisotopic (exact) mass is 476 g/mol. The Morgan fingerprint density at radius 1 is 0.882 bits per heavy atom. The van der Waals surface area contributed by atoms with Gasteiger partial charge in [-0.1, -0.05) is 0 Å². The van der Waals surface area contributed by atoms with E-state index in [1.54, 1.807) is 0 Å². The number of phenolic OH excluding ortho intramolecular Hbond substituents is 3. The molecule has 5 unspecified atom stereocenters. The van der Waals surface area contributed by atoms with Crippen LogP contribution in [-0.2, 0) is 4.74 Å². The average Bonchev–Trinajstić information content (AvgIpc) is 2.80. The third-order valence-corrected chi connectivity index (χ3v) is 5.90. The van der Waals surface area contributed by atoms with Crippen LogP contribution in [0.1, 0.15) is 18.6 Å². The van der Waals surface area contributed by atoms with Crippen LogP contribution in [0.2, 0.25) is 0 Å². The quantitative estimate of drug-likeness (QED) is 0.318. The Hall–Kier alpha value is -3.51. The zero-order valence-electron chi connectivity index (χ0n) is 18.4. The molecule has 0 amide bonds. The summed E-state index contributed by atoms with van der Waals surface area (Å²) in [6.07, 6.45) is -7.10. The number of methoxy groups -OCH3 is 2. The molecule has 4 rings (SSSR count). The van der Waals surface area contributed by atoms with Gasteiger partial charge in [-0.3, -0.25) is 4.79 Å². The van der Waals surface area contributed by atoms with Gasteiger partial charge in [0.25, 0.3) is 0 Å². The number of aliphatic hydroxyl groups is 3. The fourth-order valence-electron chi connectivity index (χ4n) is 4.11. The number of benzene rings is 2. The Balaban J connectivity index is 2.04. The predicted octanol–water partition coefficient (Wildman–Crippen LogP) is 1.14. The first-order valence-electron chi connectivity index (χ1n) is 10.3. The molecule has 0 bridgehead atoms. The van der Waals surface area contributed by atoms with E-state index < -0.39 is 47.4 Å². The number of ether oxygens (including phenoxy) is 3. The fourth-order valence-corrected chi connectivity index (χ4v) is 4.11. The van der Waals surface area contributed by atoms with Crippen LogP contribution in [0, 0.1) is 0 Å². The highest BCUT2D eigenvalue weighted by Gasteiger charge is 2.45. The Labute approximate surface area is 192 Å². The van der Waals surface area contributed by atoms with Gasteiger partial charge in [-0.2, -0.15) is 0 Å². The van der Waals surface area contributed by atoms with Gasteiger partial charge in [0.2, 0.25) is 11.2 Å². The van der Waals surface area contributed by atoms with E-state index in [-0.39, 0.29) is 45.1 Å². The number of phenols is 3. The van der Waals surface area contributed by atoms with Crippen molar-refractivity contribution in [1.29, 1.82) is 0 Å². The summed E-state index contributed by atoms with van der Waals surface area (Å²) in [7, 11) is 2.59. The summed E-state index contributed by atoms with van der Waals surface area (Å²) < 4.78 is 21.8. The lowest BCUT2D eigenvalue weighted by Crippen LogP contribution is -2.53. The van der Waals surface area contributed by atoms with Gasteiger partial charge in [-0.25, -0.2) is 0 Å². The van der Waals surface area contributed by atoms with E-state index in [9.17, 15) is 35.4 Å². The lowest BCUT2D eigenvalue weighted by molar-refractivity contribution is -0.219. The average molecular weight is 476 g/mol. The van der Waals surface area contributed by atoms with Gasteiger partial charge in [0.05, 0.1) is 25.9 Å². The molecule has 0 radical (unpaired) electrons. The van der Waals surface area contributed by atoms with Crippen LogP contribution in [0.5, 0.6) is 28.7 Å². The van der Waals surface area contributed by atoms with E-state index in [1.165, 1.54) is 39.3 Å². The zero-order valence-corrected chi connectivity index (χ0v) is 18.4. The smallest absolute Gasteiger partial charge is 0.239 e. The van der Waals surface area contributed by atoms with Crippen LogP contribution in [0.3, 0.4) is 0 Å². The Morgan fingerprint density at radius 3 is 2.21 bits per heavy atom. The highest BCUT2D eigenvalue weighted by atomic mass is 16.5. The van der Waals surface area contributed by atoms with Crippen molar-refractivity contribution in [2.45, 2.75) is 37.4 Å². The highest BCUT2D eigenvalue weighted by molar-refractivity contribution is 5.91. The van der Waals surface area contributed by atoms with Gasteiger partial charge in [-0.15, -0.1) is 0 Å². The summed E-state index contributed by atoms with van der Waals surface area (Å²) in [5, 5.41) is 61.8. The molecule has 182 valence electrons. The summed E-state index contributed by atoms with van der Waals surface area (Å²) >= 11 is 0. The maximum atomic E-state index is 13.3. The molecule has 1 fully saturated rings. The van der Waals surface area contributed by atoms with Crippen molar-refractivity contribution < 1.29 is 49.3 Å². The number of hydrogen-bond acceptors (Lipinski definition) is 11. The first-order chi connectivity index (χ1) is 16.1. The summed E-state index contributed by atoms with van der Waals surface area (Å²) in [4.78, 5) is 13.3. The standard InChI is InChI=1S/C23H24O11/c1-8-16(27)18(29)19(30)22(33-8)15-12(26)7-11(25)14-17(28)23(32-3)20(34-21(14)15)9-4-5-13(31-2)10(24)6-9/h4-8,16,18-19,22,24-27,29-30H,1-3H3. The van der Waals surface area contributed by atoms with Gasteiger partial charge < -0.3 is 49.3 Å². The SMILES string of the molecule is COc1ccc(-c2oc3c(C4OC(C)C(O)C(O)C4O)c(O)cc(O)c3c(=O)c2OC)cc1O. The summed E-state index contributed by atoms with van der Waals surface area (Å²) in [5.41, 5.74) is -1.16. The second-order valence-corrected chi connectivity index (χ2v) is 7.95. The van der Waals surface area contributed by atoms with Gasteiger partial charge in [0.15, 0.2) is 22.8 Å². The van der Waals surface area contributed by atoms with Gasteiger partial charge in [-0.05, 0) is 25.1 Å². The molecule has 0 aliphatic carbocycles. The first-order valence-corrected chi connectivity index (χ1v) is 10.3. The van der Waals surface area contributed by atoms with Crippen molar-refractivity contribution in [3.8, 4) is 40.1 Å². The molecule has 6 N–H and O–H groups in total. The lowest BCUT2D eigenvalue weighted by Gasteiger charge is -2.39. The predicted molar refractivity (Wildman–Crippen MR) is 117 cm³/mol. The molecular weight excluding hydrogens is 452 g/mol. The van der Waals surface area contributed by atoms with E-state index in [4.69, 9.17) is 18.6 Å². The number of aliphatic hydroxyl groups excluding tert-OH is 3. The lowest BCUT2D eigenvalue weighted by atomic mass is 9.90. The zero-order chi connectivity index (χ0) is 24.9. The van der Waals surface area contributed by atoms with Crippen LogP contribution in [0.4, 0.5) is 0 Å². The Bertz CT molecular complexity index is 1300. The number of aromatic hydroxyl groups is 3. The second-order valence-electron chi connectivity index (χ2n) is 7.95. The van der Waals surface area contributed by atoms with Crippen molar-refractivity contribution in [2.75, 3.05) is 14.2 Å². The van der Waals surface area contributed by atoms with E-state index in [2.05, 4.69) is 0 Å². The minimum Gasteiger partial charge on any atom is -0.507 e. The number of fused-ring (bicyclic) bond motifs is 1. The molecule has 2 heterocycles. The van der Waals surface area contributed by atoms with Crippen LogP contribution in [-0.4, -0.2) is 69.3 Å². The van der Waals surface area contributed by atoms with Gasteiger partial charge in [0.1, 0.15) is 41.3 Å². The molecule has 1 aromatic heterocycles. The Morgan fingerprint density at radius 2 is 1.59 bits per heavy atom. The Kier molecular flexibility index (Phi) is 6.04. The molecule has 1 aliphatic heterocycles. The van der Waals surface area contributed by atoms with Crippen molar-refractivity contribution in [3.05, 3.63) is 40.1 Å². The van der Waals surface area contributed by atoms with Crippen LogP contribution >= 0.6 is 0 Å². The summed E-state index contributed by atoms with van der Waals surface area (Å²) in [5.74, 6) is -1.73. The van der Waals surface area contributed by atoms with Crippen molar-refractivity contribution in [3.63, 3.8) is 0 Å². The minimum absolute atomic E-state index is 0.150. The van der Waals surface area contributed by atoms with Crippen LogP contribution in [0.15, 0.2) is 33.5 Å². The summed E-state index contributed by atoms with van der Waals surface area (Å²) in [6.45, 7) is 1.46. The molecule has 11 nitrogen and oxygen atoms in total. The summed E-state index contributed by atoms with van der Waals surface area (Å²) in [6, 6.07) is 5.07. The van der Waals surface area contributed by atoms with Crippen molar-refractivity contribution >= 4 is 11.0 Å². The van der Waals surface area contributed by atoms with E-state index in [0.29, 0.717) is 0 Å². The van der Waals surface area contributed by atoms with Gasteiger partial charge in [0, 0.05) is 11.6 Å². The maximum absolute atomic E-state index is 13.3. The molecule has 34 heavy (non-hydrogen) atoms. The third-order valence-electron chi connectivity index (χ3n) is 5.90. The molecule has 1 saturated heterocycles. The molecule has 3 aromatic rings. The number of rotatable bonds is 4. The molecule has 11 heteroatoms. The van der Waals surface area contributed by atoms with Crippen molar-refractivity contribution in [1.82, 2.24) is 0 Å². The fraction of sp³-hybridized carbons (Fsp3) is 0.348. The van der Waals surface area contributed by atoms with E-state index >= 15 is 0 Å². The maximum Gasteiger partial charge on any atom is 0.239 e. The number of hydrogen-bond donors (Lipinski definition) is 6. The molecule has 0 saturated carbocycles. The van der Waals surface area contributed by atoms with E-state index in [0.717, 1.165) is 6.07 Å². The molecule has 2 aromatic carbocycles. The topological polar surface area (TPSA) is 179 Å². The molecule has 1 aliphatic rings.